The Morgan fingerprint density at radius 2 is 1.80 bits per heavy atom. The lowest BCUT2D eigenvalue weighted by Gasteiger charge is -2.19. The second-order valence-corrected chi connectivity index (χ2v) is 9.34. The molecule has 0 aliphatic heterocycles. The number of rotatable bonds is 2. The number of aromatic nitrogens is 1. The van der Waals surface area contributed by atoms with Gasteiger partial charge in [-0.2, -0.15) is 4.40 Å². The summed E-state index contributed by atoms with van der Waals surface area (Å²) in [6.07, 6.45) is 6.14. The van der Waals surface area contributed by atoms with Crippen LogP contribution in [0.5, 0.6) is 0 Å². The monoisotopic (exact) mass is 420 g/mol. The second kappa shape index (κ2) is 6.36. The van der Waals surface area contributed by atoms with Gasteiger partial charge in [0.2, 0.25) is 0 Å². The van der Waals surface area contributed by atoms with Gasteiger partial charge >= 0.3 is 0 Å². The molecule has 0 amide bonds. The van der Waals surface area contributed by atoms with Gasteiger partial charge in [0.15, 0.2) is 0 Å². The van der Waals surface area contributed by atoms with Gasteiger partial charge in [-0.1, -0.05) is 0 Å². The van der Waals surface area contributed by atoms with E-state index in [4.69, 9.17) is 0 Å². The predicted octanol–water partition coefficient (Wildman–Crippen LogP) is 4.37. The number of fused-ring (bicyclic) bond motifs is 1. The lowest BCUT2D eigenvalue weighted by atomic mass is 9.93. The first-order chi connectivity index (χ1) is 9.30. The molecule has 110 valence electrons. The maximum absolute atomic E-state index is 12.0. The summed E-state index contributed by atoms with van der Waals surface area (Å²) < 4.78 is 17.7. The van der Waals surface area contributed by atoms with Gasteiger partial charge in [-0.25, -0.2) is 9.19 Å². The van der Waals surface area contributed by atoms with E-state index in [9.17, 15) is 4.21 Å². The number of pyridine rings is 1. The molecule has 1 aromatic heterocycles. The molecule has 1 aliphatic rings. The second-order valence-electron chi connectivity index (χ2n) is 5.86. The number of hydrogen-bond donors (Lipinski definition) is 0. The molecular weight excluding hydrogens is 404 g/mol. The molecule has 0 unspecified atom stereocenters. The van der Waals surface area contributed by atoms with Crippen LogP contribution in [-0.4, -0.2) is 20.2 Å². The van der Waals surface area contributed by atoms with E-state index < -0.39 is 11.0 Å². The fourth-order valence-electron chi connectivity index (χ4n) is 2.09. The Morgan fingerprint density at radius 1 is 1.20 bits per heavy atom. The first-order valence-electron chi connectivity index (χ1n) is 6.63. The zero-order valence-corrected chi connectivity index (χ0v) is 15.9. The highest BCUT2D eigenvalue weighted by molar-refractivity contribution is 9.11. The van der Waals surface area contributed by atoms with E-state index >= 15 is 0 Å². The molecule has 2 rings (SSSR count). The maximum atomic E-state index is 12.0. The van der Waals surface area contributed by atoms with Crippen molar-refractivity contribution in [3.63, 3.8) is 0 Å². The third kappa shape index (κ3) is 3.57. The summed E-state index contributed by atoms with van der Waals surface area (Å²) in [5.74, 6) is 0. The lowest BCUT2D eigenvalue weighted by molar-refractivity contribution is 0.651. The normalized spacial score (nSPS) is 17.2. The minimum Gasteiger partial charge on any atom is -0.238 e. The summed E-state index contributed by atoms with van der Waals surface area (Å²) in [5.41, 5.74) is 3.34. The Bertz CT molecular complexity index is 580. The average Bonchev–Trinajstić information content (AvgIpc) is 2.40. The van der Waals surface area contributed by atoms with E-state index in [1.54, 1.807) is 6.21 Å². The first-order valence-corrected chi connectivity index (χ1v) is 9.33. The SMILES string of the molecule is CC(C)(C)[S@](=O)N=Cc1nc(Br)c2c(c1Br)CCCC2. The van der Waals surface area contributed by atoms with E-state index in [0.29, 0.717) is 0 Å². The van der Waals surface area contributed by atoms with Crippen molar-refractivity contribution in [3.05, 3.63) is 25.9 Å². The van der Waals surface area contributed by atoms with Crippen LogP contribution in [0.3, 0.4) is 0 Å². The third-order valence-corrected chi connectivity index (χ3v) is 6.11. The standard InChI is InChI=1S/C14H18Br2N2OS/c1-14(2,3)20(19)17-8-11-12(15)9-6-4-5-7-10(9)13(16)18-11/h8H,4-7H2,1-3H3/t20-/m0/s1. The van der Waals surface area contributed by atoms with Crippen LogP contribution in [0.25, 0.3) is 0 Å². The topological polar surface area (TPSA) is 42.3 Å². The third-order valence-electron chi connectivity index (χ3n) is 3.22. The zero-order chi connectivity index (χ0) is 14.9. The molecule has 6 heteroatoms. The van der Waals surface area contributed by atoms with E-state index in [1.807, 2.05) is 20.8 Å². The molecule has 0 radical (unpaired) electrons. The Kier molecular flexibility index (Phi) is 5.19. The van der Waals surface area contributed by atoms with Crippen LogP contribution >= 0.6 is 31.9 Å². The maximum Gasteiger partial charge on any atom is 0.144 e. The molecule has 20 heavy (non-hydrogen) atoms. The van der Waals surface area contributed by atoms with Gasteiger partial charge in [0, 0.05) is 4.47 Å². The number of halogens is 2. The molecule has 1 heterocycles. The fourth-order valence-corrected chi connectivity index (χ4v) is 3.86. The highest BCUT2D eigenvalue weighted by Crippen LogP contribution is 2.33. The molecule has 1 atom stereocenters. The lowest BCUT2D eigenvalue weighted by Crippen LogP contribution is -2.19. The zero-order valence-electron chi connectivity index (χ0n) is 11.9. The highest BCUT2D eigenvalue weighted by atomic mass is 79.9. The molecule has 0 fully saturated rings. The Hall–Kier alpha value is -0.0700. The smallest absolute Gasteiger partial charge is 0.144 e. The Labute approximate surface area is 139 Å². The molecule has 0 spiro atoms. The van der Waals surface area contributed by atoms with Crippen LogP contribution in [0.2, 0.25) is 0 Å². The Balaban J connectivity index is 2.37. The predicted molar refractivity (Wildman–Crippen MR) is 91.8 cm³/mol. The molecule has 1 aliphatic carbocycles. The van der Waals surface area contributed by atoms with Gasteiger partial charge in [0.1, 0.15) is 15.6 Å². The summed E-state index contributed by atoms with van der Waals surface area (Å²) in [6, 6.07) is 0. The van der Waals surface area contributed by atoms with Crippen molar-refractivity contribution in [3.8, 4) is 0 Å². The van der Waals surface area contributed by atoms with E-state index in [-0.39, 0.29) is 4.75 Å². The van der Waals surface area contributed by atoms with E-state index in [1.165, 1.54) is 24.0 Å². The van der Waals surface area contributed by atoms with Crippen molar-refractivity contribution >= 4 is 49.1 Å². The summed E-state index contributed by atoms with van der Waals surface area (Å²) in [5, 5.41) is 0. The fraction of sp³-hybridized carbons (Fsp3) is 0.571. The van der Waals surface area contributed by atoms with Gasteiger partial charge < -0.3 is 0 Å². The van der Waals surface area contributed by atoms with Gasteiger partial charge in [-0.05, 0) is 89.4 Å². The van der Waals surface area contributed by atoms with Gasteiger partial charge in [0.05, 0.1) is 16.7 Å². The average molecular weight is 422 g/mol. The minimum absolute atomic E-state index is 0.353. The molecule has 0 saturated heterocycles. The van der Waals surface area contributed by atoms with Crippen LogP contribution in [-0.2, 0) is 23.8 Å². The molecule has 0 aromatic carbocycles. The Morgan fingerprint density at radius 3 is 2.40 bits per heavy atom. The summed E-state index contributed by atoms with van der Waals surface area (Å²) >= 11 is 7.17. The first kappa shape index (κ1) is 16.3. The highest BCUT2D eigenvalue weighted by Gasteiger charge is 2.21. The molecular formula is C14H18Br2N2OS. The van der Waals surface area contributed by atoms with E-state index in [0.717, 1.165) is 27.6 Å². The summed E-state index contributed by atoms with van der Waals surface area (Å²) in [6.45, 7) is 5.73. The summed E-state index contributed by atoms with van der Waals surface area (Å²) in [4.78, 5) is 4.53. The van der Waals surface area contributed by atoms with Crippen molar-refractivity contribution in [2.45, 2.75) is 51.2 Å². The van der Waals surface area contributed by atoms with Gasteiger partial charge in [-0.3, -0.25) is 0 Å². The molecule has 0 saturated carbocycles. The largest absolute Gasteiger partial charge is 0.238 e. The number of nitrogens with zero attached hydrogens (tertiary/aromatic N) is 2. The molecule has 0 N–H and O–H groups in total. The van der Waals surface area contributed by atoms with Crippen LogP contribution in [0.15, 0.2) is 13.5 Å². The molecule has 3 nitrogen and oxygen atoms in total. The van der Waals surface area contributed by atoms with Gasteiger partial charge in [-0.15, -0.1) is 0 Å². The van der Waals surface area contributed by atoms with Crippen LogP contribution in [0.4, 0.5) is 0 Å². The number of hydrogen-bond acceptors (Lipinski definition) is 2. The van der Waals surface area contributed by atoms with Crippen molar-refractivity contribution < 1.29 is 4.21 Å². The molecule has 1 aromatic rings. The van der Waals surface area contributed by atoms with Crippen molar-refractivity contribution in [1.82, 2.24) is 4.98 Å². The summed E-state index contributed by atoms with van der Waals surface area (Å²) in [7, 11) is -1.26. The molecule has 0 bridgehead atoms. The minimum atomic E-state index is -1.26. The van der Waals surface area contributed by atoms with E-state index in [2.05, 4.69) is 41.2 Å². The van der Waals surface area contributed by atoms with Crippen molar-refractivity contribution in [2.24, 2.45) is 4.40 Å². The quantitative estimate of drug-likeness (QED) is 0.525. The van der Waals surface area contributed by atoms with Gasteiger partial charge in [0.25, 0.3) is 0 Å². The van der Waals surface area contributed by atoms with Crippen molar-refractivity contribution in [2.75, 3.05) is 0 Å². The van der Waals surface area contributed by atoms with Crippen LogP contribution in [0, 0.1) is 0 Å². The van der Waals surface area contributed by atoms with Crippen LogP contribution in [0.1, 0.15) is 50.4 Å². The van der Waals surface area contributed by atoms with Crippen LogP contribution < -0.4 is 0 Å². The van der Waals surface area contributed by atoms with Crippen molar-refractivity contribution in [1.29, 1.82) is 0 Å².